The van der Waals surface area contributed by atoms with Crippen molar-refractivity contribution in [1.29, 1.82) is 0 Å². The smallest absolute Gasteiger partial charge is 0.265 e. The second kappa shape index (κ2) is 13.4. The highest BCUT2D eigenvalue weighted by molar-refractivity contribution is 6.03. The Morgan fingerprint density at radius 1 is 1.05 bits per heavy atom. The SMILES string of the molecule is CCOc1ccc(/C=C/C(=O)Nc2ccc3c(c2)N(CCCCOc2cccc(C)c2)C(=O)CO3)cc1OC. The highest BCUT2D eigenvalue weighted by Crippen LogP contribution is 2.35. The van der Waals surface area contributed by atoms with E-state index in [1.165, 1.54) is 6.08 Å². The number of fused-ring (bicyclic) bond motifs is 1. The van der Waals surface area contributed by atoms with Crippen LogP contribution in [0.5, 0.6) is 23.0 Å². The molecule has 0 saturated heterocycles. The van der Waals surface area contributed by atoms with E-state index in [0.717, 1.165) is 29.7 Å². The van der Waals surface area contributed by atoms with Gasteiger partial charge in [-0.05, 0) is 86.4 Å². The number of carbonyl (C=O) groups is 2. The van der Waals surface area contributed by atoms with Crippen LogP contribution in [0.4, 0.5) is 11.4 Å². The number of ether oxygens (including phenoxy) is 4. The van der Waals surface area contributed by atoms with Crippen LogP contribution in [0.1, 0.15) is 30.9 Å². The first-order valence-electron chi connectivity index (χ1n) is 13.0. The molecule has 39 heavy (non-hydrogen) atoms. The predicted octanol–water partition coefficient (Wildman–Crippen LogP) is 5.64. The highest BCUT2D eigenvalue weighted by atomic mass is 16.5. The van der Waals surface area contributed by atoms with Gasteiger partial charge in [-0.15, -0.1) is 0 Å². The van der Waals surface area contributed by atoms with E-state index in [0.29, 0.717) is 48.4 Å². The molecule has 8 heteroatoms. The van der Waals surface area contributed by atoms with Crippen LogP contribution >= 0.6 is 0 Å². The Morgan fingerprint density at radius 3 is 2.72 bits per heavy atom. The molecule has 0 unspecified atom stereocenters. The van der Waals surface area contributed by atoms with E-state index in [-0.39, 0.29) is 18.4 Å². The fraction of sp³-hybridized carbons (Fsp3) is 0.290. The van der Waals surface area contributed by atoms with E-state index >= 15 is 0 Å². The zero-order valence-corrected chi connectivity index (χ0v) is 22.6. The lowest BCUT2D eigenvalue weighted by molar-refractivity contribution is -0.121. The monoisotopic (exact) mass is 530 g/mol. The Kier molecular flexibility index (Phi) is 9.45. The number of hydrogen-bond donors (Lipinski definition) is 1. The van der Waals surface area contributed by atoms with Crippen molar-refractivity contribution in [2.45, 2.75) is 26.7 Å². The van der Waals surface area contributed by atoms with E-state index in [9.17, 15) is 9.59 Å². The molecule has 0 atom stereocenters. The fourth-order valence-corrected chi connectivity index (χ4v) is 4.21. The zero-order chi connectivity index (χ0) is 27.6. The molecule has 1 aliphatic rings. The number of rotatable bonds is 12. The van der Waals surface area contributed by atoms with Crippen LogP contribution in [0.2, 0.25) is 0 Å². The molecule has 0 fully saturated rings. The molecular weight excluding hydrogens is 496 g/mol. The van der Waals surface area contributed by atoms with Crippen molar-refractivity contribution in [3.05, 3.63) is 77.9 Å². The number of hydrogen-bond acceptors (Lipinski definition) is 6. The first-order chi connectivity index (χ1) is 19.0. The summed E-state index contributed by atoms with van der Waals surface area (Å²) in [5.41, 5.74) is 3.16. The molecule has 0 aliphatic carbocycles. The van der Waals surface area contributed by atoms with Crippen LogP contribution in [-0.4, -0.2) is 45.3 Å². The summed E-state index contributed by atoms with van der Waals surface area (Å²) in [6, 6.07) is 18.7. The van der Waals surface area contributed by atoms with Gasteiger partial charge >= 0.3 is 0 Å². The second-order valence-corrected chi connectivity index (χ2v) is 9.05. The van der Waals surface area contributed by atoms with Crippen LogP contribution in [0.15, 0.2) is 66.7 Å². The maximum absolute atomic E-state index is 12.6. The molecule has 204 valence electrons. The minimum atomic E-state index is -0.300. The summed E-state index contributed by atoms with van der Waals surface area (Å²) in [6.45, 7) is 5.56. The number of aryl methyl sites for hydroxylation is 1. The first kappa shape index (κ1) is 27.6. The summed E-state index contributed by atoms with van der Waals surface area (Å²) in [5, 5.41) is 2.86. The molecule has 0 aromatic heterocycles. The van der Waals surface area contributed by atoms with Crippen LogP contribution in [0.25, 0.3) is 6.08 Å². The van der Waals surface area contributed by atoms with Gasteiger partial charge in [0.2, 0.25) is 5.91 Å². The molecule has 8 nitrogen and oxygen atoms in total. The second-order valence-electron chi connectivity index (χ2n) is 9.05. The van der Waals surface area contributed by atoms with Gasteiger partial charge in [0.25, 0.3) is 5.91 Å². The summed E-state index contributed by atoms with van der Waals surface area (Å²) in [5.74, 6) is 2.29. The van der Waals surface area contributed by atoms with Gasteiger partial charge in [-0.3, -0.25) is 9.59 Å². The number of nitrogens with one attached hydrogen (secondary N) is 1. The summed E-state index contributed by atoms with van der Waals surface area (Å²) >= 11 is 0. The minimum Gasteiger partial charge on any atom is -0.494 e. The largest absolute Gasteiger partial charge is 0.494 e. The third kappa shape index (κ3) is 7.54. The minimum absolute atomic E-state index is 0.00716. The Hall–Kier alpha value is -4.46. The number of carbonyl (C=O) groups excluding carboxylic acids is 2. The normalized spacial score (nSPS) is 12.6. The van der Waals surface area contributed by atoms with Gasteiger partial charge in [0.15, 0.2) is 18.1 Å². The van der Waals surface area contributed by atoms with Crippen LogP contribution in [0.3, 0.4) is 0 Å². The highest BCUT2D eigenvalue weighted by Gasteiger charge is 2.25. The van der Waals surface area contributed by atoms with E-state index < -0.39 is 0 Å². The predicted molar refractivity (Wildman–Crippen MR) is 152 cm³/mol. The van der Waals surface area contributed by atoms with Gasteiger partial charge in [0.05, 0.1) is 26.0 Å². The standard InChI is InChI=1S/C31H34N2O6/c1-4-37-28-13-10-23(19-29(28)36-3)11-15-30(34)32-24-12-14-27-26(20-24)33(31(35)21-39-27)16-5-6-17-38-25-9-7-8-22(2)18-25/h7-15,18-20H,4-6,16-17,21H2,1-3H3,(H,32,34)/b15-11+. The lowest BCUT2D eigenvalue weighted by atomic mass is 10.1. The fourth-order valence-electron chi connectivity index (χ4n) is 4.21. The molecular formula is C31H34N2O6. The number of nitrogens with zero attached hydrogens (tertiary/aromatic N) is 1. The lowest BCUT2D eigenvalue weighted by Gasteiger charge is -2.30. The summed E-state index contributed by atoms with van der Waals surface area (Å²) in [7, 11) is 1.57. The molecule has 0 bridgehead atoms. The van der Waals surface area contributed by atoms with Gasteiger partial charge in [0, 0.05) is 18.3 Å². The van der Waals surface area contributed by atoms with Crippen molar-refractivity contribution in [3.8, 4) is 23.0 Å². The topological polar surface area (TPSA) is 86.3 Å². The Balaban J connectivity index is 1.35. The molecule has 2 amide bonds. The molecule has 0 radical (unpaired) electrons. The molecule has 0 saturated carbocycles. The van der Waals surface area contributed by atoms with E-state index in [2.05, 4.69) is 5.32 Å². The molecule has 3 aromatic carbocycles. The maximum atomic E-state index is 12.6. The van der Waals surface area contributed by atoms with Crippen LogP contribution < -0.4 is 29.2 Å². The van der Waals surface area contributed by atoms with Crippen molar-refractivity contribution in [1.82, 2.24) is 0 Å². The molecule has 1 N–H and O–H groups in total. The number of amides is 2. The number of unbranched alkanes of at least 4 members (excludes halogenated alkanes) is 1. The average Bonchev–Trinajstić information content (AvgIpc) is 2.93. The summed E-state index contributed by atoms with van der Waals surface area (Å²) in [4.78, 5) is 27.0. The Morgan fingerprint density at radius 2 is 1.92 bits per heavy atom. The van der Waals surface area contributed by atoms with Crippen LogP contribution in [0, 0.1) is 6.92 Å². The molecule has 3 aromatic rings. The van der Waals surface area contributed by atoms with Crippen molar-refractivity contribution in [2.75, 3.05) is 43.7 Å². The zero-order valence-electron chi connectivity index (χ0n) is 22.6. The first-order valence-corrected chi connectivity index (χ1v) is 13.0. The quantitative estimate of drug-likeness (QED) is 0.241. The van der Waals surface area contributed by atoms with E-state index in [1.807, 2.05) is 50.2 Å². The van der Waals surface area contributed by atoms with Gasteiger partial charge in [-0.1, -0.05) is 18.2 Å². The van der Waals surface area contributed by atoms with Gasteiger partial charge in [0.1, 0.15) is 11.5 Å². The molecule has 4 rings (SSSR count). The van der Waals surface area contributed by atoms with Gasteiger partial charge in [-0.2, -0.15) is 0 Å². The average molecular weight is 531 g/mol. The van der Waals surface area contributed by atoms with Crippen LogP contribution in [-0.2, 0) is 9.59 Å². The van der Waals surface area contributed by atoms with Crippen molar-refractivity contribution >= 4 is 29.3 Å². The van der Waals surface area contributed by atoms with Gasteiger partial charge in [-0.25, -0.2) is 0 Å². The number of benzene rings is 3. The molecule has 1 heterocycles. The van der Waals surface area contributed by atoms with E-state index in [1.54, 1.807) is 42.4 Å². The van der Waals surface area contributed by atoms with E-state index in [4.69, 9.17) is 18.9 Å². The van der Waals surface area contributed by atoms with Crippen molar-refractivity contribution in [3.63, 3.8) is 0 Å². The molecule has 0 spiro atoms. The lowest BCUT2D eigenvalue weighted by Crippen LogP contribution is -2.39. The summed E-state index contributed by atoms with van der Waals surface area (Å²) in [6.07, 6.45) is 4.71. The Bertz CT molecular complexity index is 1340. The summed E-state index contributed by atoms with van der Waals surface area (Å²) < 4.78 is 22.3. The van der Waals surface area contributed by atoms with Crippen molar-refractivity contribution < 1.29 is 28.5 Å². The number of anilines is 2. The third-order valence-corrected chi connectivity index (χ3v) is 6.12. The van der Waals surface area contributed by atoms with Crippen molar-refractivity contribution in [2.24, 2.45) is 0 Å². The maximum Gasteiger partial charge on any atom is 0.265 e. The third-order valence-electron chi connectivity index (χ3n) is 6.12. The Labute approximate surface area is 229 Å². The van der Waals surface area contributed by atoms with Gasteiger partial charge < -0.3 is 29.2 Å². The number of methoxy groups -OCH3 is 1. The molecule has 1 aliphatic heterocycles.